The number of benzene rings is 1. The quantitative estimate of drug-likeness (QED) is 0.867. The van der Waals surface area contributed by atoms with Crippen LogP contribution < -0.4 is 5.73 Å². The van der Waals surface area contributed by atoms with Gasteiger partial charge in [-0.1, -0.05) is 30.3 Å². The number of rotatable bonds is 2. The zero-order chi connectivity index (χ0) is 12.4. The second-order valence-corrected chi connectivity index (χ2v) is 6.26. The molecule has 98 valence electrons. The van der Waals surface area contributed by atoms with Crippen molar-refractivity contribution in [1.82, 2.24) is 4.90 Å². The molecule has 1 aromatic carbocycles. The first-order valence-corrected chi connectivity index (χ1v) is 7.28. The minimum atomic E-state index is 0.477. The molecule has 2 aliphatic rings. The first kappa shape index (κ1) is 12.2. The Kier molecular flexibility index (Phi) is 3.40. The lowest BCUT2D eigenvalue weighted by Crippen LogP contribution is -2.39. The predicted molar refractivity (Wildman–Crippen MR) is 75.2 cm³/mol. The van der Waals surface area contributed by atoms with Gasteiger partial charge in [0.05, 0.1) is 0 Å². The topological polar surface area (TPSA) is 29.3 Å². The Bertz CT molecular complexity index is 379. The van der Waals surface area contributed by atoms with Gasteiger partial charge in [-0.2, -0.15) is 0 Å². The Morgan fingerprint density at radius 1 is 1.11 bits per heavy atom. The highest BCUT2D eigenvalue weighted by atomic mass is 15.1. The summed E-state index contributed by atoms with van der Waals surface area (Å²) in [5.74, 6) is 0. The number of piperidine rings is 1. The summed E-state index contributed by atoms with van der Waals surface area (Å²) < 4.78 is 0. The third kappa shape index (κ3) is 2.60. The zero-order valence-electron chi connectivity index (χ0n) is 11.1. The molecule has 1 aliphatic carbocycles. The van der Waals surface area contributed by atoms with Gasteiger partial charge in [0.25, 0.3) is 0 Å². The van der Waals surface area contributed by atoms with Gasteiger partial charge < -0.3 is 5.73 Å². The van der Waals surface area contributed by atoms with Crippen molar-refractivity contribution >= 4 is 0 Å². The smallest absolute Gasteiger partial charge is 0.0233 e. The van der Waals surface area contributed by atoms with E-state index in [0.717, 1.165) is 6.54 Å². The molecule has 0 radical (unpaired) electrons. The maximum Gasteiger partial charge on any atom is 0.0233 e. The highest BCUT2D eigenvalue weighted by Gasteiger charge is 2.39. The molecular formula is C16H24N2. The Labute approximate surface area is 110 Å². The molecule has 0 amide bonds. The number of hydrogen-bond donors (Lipinski definition) is 1. The van der Waals surface area contributed by atoms with Crippen LogP contribution in [0.25, 0.3) is 0 Å². The number of nitrogens with zero attached hydrogens (tertiary/aromatic N) is 1. The van der Waals surface area contributed by atoms with Crippen LogP contribution in [0.15, 0.2) is 30.3 Å². The molecule has 1 heterocycles. The van der Waals surface area contributed by atoms with Gasteiger partial charge in [-0.05, 0) is 56.2 Å². The summed E-state index contributed by atoms with van der Waals surface area (Å²) in [5, 5.41) is 0. The maximum absolute atomic E-state index is 6.08. The van der Waals surface area contributed by atoms with Gasteiger partial charge in [0.15, 0.2) is 0 Å². The van der Waals surface area contributed by atoms with Crippen molar-refractivity contribution < 1.29 is 0 Å². The van der Waals surface area contributed by atoms with Crippen LogP contribution in [0.3, 0.4) is 0 Å². The standard InChI is InChI=1S/C16H24N2/c17-15-6-7-16(12-15)8-10-18(11-9-16)13-14-4-2-1-3-5-14/h1-5,15H,6-13,17H2. The van der Waals surface area contributed by atoms with E-state index in [4.69, 9.17) is 5.73 Å². The summed E-state index contributed by atoms with van der Waals surface area (Å²) in [7, 11) is 0. The lowest BCUT2D eigenvalue weighted by molar-refractivity contribution is 0.102. The van der Waals surface area contributed by atoms with E-state index in [9.17, 15) is 0 Å². The summed E-state index contributed by atoms with van der Waals surface area (Å²) in [6, 6.07) is 11.3. The molecule has 1 aromatic rings. The molecule has 1 saturated carbocycles. The van der Waals surface area contributed by atoms with E-state index in [1.54, 1.807) is 0 Å². The van der Waals surface area contributed by atoms with Crippen LogP contribution in [0, 0.1) is 5.41 Å². The molecule has 18 heavy (non-hydrogen) atoms. The van der Waals surface area contributed by atoms with E-state index in [2.05, 4.69) is 35.2 Å². The van der Waals surface area contributed by atoms with Gasteiger partial charge in [0.2, 0.25) is 0 Å². The van der Waals surface area contributed by atoms with Gasteiger partial charge in [0, 0.05) is 12.6 Å². The lowest BCUT2D eigenvalue weighted by Gasteiger charge is -2.39. The molecule has 2 nitrogen and oxygen atoms in total. The second kappa shape index (κ2) is 5.02. The van der Waals surface area contributed by atoms with Crippen molar-refractivity contribution in [2.45, 2.75) is 44.7 Å². The highest BCUT2D eigenvalue weighted by Crippen LogP contribution is 2.45. The Morgan fingerprint density at radius 2 is 1.83 bits per heavy atom. The van der Waals surface area contributed by atoms with Crippen LogP contribution in [0.5, 0.6) is 0 Å². The maximum atomic E-state index is 6.08. The fourth-order valence-corrected chi connectivity index (χ4v) is 3.73. The van der Waals surface area contributed by atoms with Crippen molar-refractivity contribution in [2.24, 2.45) is 11.1 Å². The predicted octanol–water partition coefficient (Wildman–Crippen LogP) is 2.78. The van der Waals surface area contributed by atoms with E-state index >= 15 is 0 Å². The van der Waals surface area contributed by atoms with Crippen molar-refractivity contribution in [1.29, 1.82) is 0 Å². The normalized spacial score (nSPS) is 27.7. The number of likely N-dealkylation sites (tertiary alicyclic amines) is 1. The Morgan fingerprint density at radius 3 is 2.44 bits per heavy atom. The van der Waals surface area contributed by atoms with Crippen LogP contribution in [0.2, 0.25) is 0 Å². The van der Waals surface area contributed by atoms with Crippen molar-refractivity contribution in [3.63, 3.8) is 0 Å². The molecule has 1 spiro atoms. The van der Waals surface area contributed by atoms with E-state index in [1.807, 2.05) is 0 Å². The molecule has 2 N–H and O–H groups in total. The minimum Gasteiger partial charge on any atom is -0.328 e. The highest BCUT2D eigenvalue weighted by molar-refractivity contribution is 5.14. The van der Waals surface area contributed by atoms with Crippen LogP contribution >= 0.6 is 0 Å². The van der Waals surface area contributed by atoms with Crippen molar-refractivity contribution in [2.75, 3.05) is 13.1 Å². The SMILES string of the molecule is NC1CCC2(CCN(Cc3ccccc3)CC2)C1. The molecule has 2 fully saturated rings. The lowest BCUT2D eigenvalue weighted by atomic mass is 9.77. The Hall–Kier alpha value is -0.860. The van der Waals surface area contributed by atoms with Gasteiger partial charge in [0.1, 0.15) is 0 Å². The van der Waals surface area contributed by atoms with E-state index in [1.165, 1.54) is 50.8 Å². The van der Waals surface area contributed by atoms with E-state index in [0.29, 0.717) is 11.5 Å². The first-order valence-electron chi connectivity index (χ1n) is 7.28. The average molecular weight is 244 g/mol. The molecule has 0 bridgehead atoms. The van der Waals surface area contributed by atoms with Crippen molar-refractivity contribution in [3.05, 3.63) is 35.9 Å². The Balaban J connectivity index is 1.54. The van der Waals surface area contributed by atoms with E-state index < -0.39 is 0 Å². The monoisotopic (exact) mass is 244 g/mol. The zero-order valence-corrected chi connectivity index (χ0v) is 11.1. The summed E-state index contributed by atoms with van der Waals surface area (Å²) in [4.78, 5) is 2.60. The second-order valence-electron chi connectivity index (χ2n) is 6.26. The van der Waals surface area contributed by atoms with Crippen molar-refractivity contribution in [3.8, 4) is 0 Å². The molecular weight excluding hydrogens is 220 g/mol. The first-order chi connectivity index (χ1) is 8.76. The molecule has 3 rings (SSSR count). The summed E-state index contributed by atoms with van der Waals surface area (Å²) >= 11 is 0. The average Bonchev–Trinajstić information content (AvgIpc) is 2.75. The molecule has 1 aliphatic heterocycles. The van der Waals surface area contributed by atoms with Gasteiger partial charge in [-0.3, -0.25) is 4.90 Å². The third-order valence-electron chi connectivity index (χ3n) is 4.91. The summed E-state index contributed by atoms with van der Waals surface area (Å²) in [6.45, 7) is 3.62. The van der Waals surface area contributed by atoms with Crippen LogP contribution in [-0.2, 0) is 6.54 Å². The fourth-order valence-electron chi connectivity index (χ4n) is 3.73. The van der Waals surface area contributed by atoms with Gasteiger partial charge >= 0.3 is 0 Å². The third-order valence-corrected chi connectivity index (χ3v) is 4.91. The van der Waals surface area contributed by atoms with Gasteiger partial charge in [-0.25, -0.2) is 0 Å². The largest absolute Gasteiger partial charge is 0.328 e. The molecule has 1 saturated heterocycles. The minimum absolute atomic E-state index is 0.477. The number of hydrogen-bond acceptors (Lipinski definition) is 2. The molecule has 2 heteroatoms. The molecule has 1 atom stereocenters. The van der Waals surface area contributed by atoms with Crippen LogP contribution in [0.1, 0.15) is 37.7 Å². The van der Waals surface area contributed by atoms with Crippen LogP contribution in [-0.4, -0.2) is 24.0 Å². The summed E-state index contributed by atoms with van der Waals surface area (Å²) in [5.41, 5.74) is 8.13. The van der Waals surface area contributed by atoms with Gasteiger partial charge in [-0.15, -0.1) is 0 Å². The molecule has 0 aromatic heterocycles. The van der Waals surface area contributed by atoms with E-state index in [-0.39, 0.29) is 0 Å². The van der Waals surface area contributed by atoms with Crippen LogP contribution in [0.4, 0.5) is 0 Å². The summed E-state index contributed by atoms with van der Waals surface area (Å²) in [6.07, 6.45) is 6.60. The molecule has 1 unspecified atom stereocenters. The fraction of sp³-hybridized carbons (Fsp3) is 0.625. The number of nitrogens with two attached hydrogens (primary N) is 1.